The van der Waals surface area contributed by atoms with Gasteiger partial charge in [0.25, 0.3) is 5.69 Å². The number of nitro benzene ring substituents is 1. The number of aliphatic carboxylic acids is 1. The molecule has 60 heavy (non-hydrogen) atoms. The number of carboxylic acids is 1. The van der Waals surface area contributed by atoms with Gasteiger partial charge in [0.2, 0.25) is 17.7 Å². The van der Waals surface area contributed by atoms with E-state index in [1.165, 1.54) is 19.2 Å². The second-order valence-corrected chi connectivity index (χ2v) is 22.1. The first kappa shape index (κ1) is 50.1. The molecule has 0 aromatic heterocycles. The molecule has 2 heterocycles. The van der Waals surface area contributed by atoms with E-state index in [4.69, 9.17) is 14.6 Å². The number of fused-ring (bicyclic) bond motifs is 1. The molecule has 1 aromatic carbocycles. The van der Waals surface area contributed by atoms with Crippen LogP contribution in [0.25, 0.3) is 0 Å². The zero-order valence-electron chi connectivity index (χ0n) is 38.1. The smallest absolute Gasteiger partial charge is 0.315 e. The Balaban J connectivity index is 1.62. The van der Waals surface area contributed by atoms with Crippen LogP contribution in [0.3, 0.4) is 0 Å². The monoisotopic (exact) mass is 862 g/mol. The first-order chi connectivity index (χ1) is 27.3. The number of carbonyl (C=O) groups is 5. The van der Waals surface area contributed by atoms with E-state index in [0.717, 1.165) is 12.2 Å². The van der Waals surface area contributed by atoms with Crippen LogP contribution in [0.4, 0.5) is 10.5 Å². The van der Waals surface area contributed by atoms with E-state index in [-0.39, 0.29) is 88.0 Å². The van der Waals surface area contributed by atoms with E-state index in [1.54, 1.807) is 34.6 Å². The highest BCUT2D eigenvalue weighted by Gasteiger charge is 2.46. The predicted molar refractivity (Wildman–Crippen MR) is 232 cm³/mol. The van der Waals surface area contributed by atoms with Crippen molar-refractivity contribution in [2.24, 2.45) is 21.7 Å². The molecule has 17 heteroatoms. The first-order valence-electron chi connectivity index (χ1n) is 20.6. The van der Waals surface area contributed by atoms with Crippen LogP contribution in [0.5, 0.6) is 11.5 Å². The van der Waals surface area contributed by atoms with Crippen molar-refractivity contribution in [3.8, 4) is 11.5 Å². The third kappa shape index (κ3) is 14.2. The maximum atomic E-state index is 13.9. The summed E-state index contributed by atoms with van der Waals surface area (Å²) in [6.07, 6.45) is 1.66. The van der Waals surface area contributed by atoms with Crippen molar-refractivity contribution >= 4 is 47.2 Å². The molecule has 0 spiro atoms. The fourth-order valence-corrected chi connectivity index (χ4v) is 11.0. The van der Waals surface area contributed by atoms with Gasteiger partial charge in [0.15, 0.2) is 11.5 Å². The molecule has 0 bridgehead atoms. The van der Waals surface area contributed by atoms with Crippen molar-refractivity contribution < 1.29 is 43.5 Å². The van der Waals surface area contributed by atoms with Crippen molar-refractivity contribution in [2.45, 2.75) is 163 Å². The number of benzene rings is 1. The summed E-state index contributed by atoms with van der Waals surface area (Å²) >= 11 is 1.87. The molecule has 2 aliphatic rings. The minimum atomic E-state index is -1.13. The summed E-state index contributed by atoms with van der Waals surface area (Å²) in [5.74, 6) is -0.806. The number of rotatable bonds is 22. The average Bonchev–Trinajstić information content (AvgIpc) is 3.62. The predicted octanol–water partition coefficient (Wildman–Crippen LogP) is 6.64. The summed E-state index contributed by atoms with van der Waals surface area (Å²) in [5.41, 5.74) is -3.98. The van der Waals surface area contributed by atoms with Gasteiger partial charge in [0.05, 0.1) is 48.2 Å². The van der Waals surface area contributed by atoms with Crippen LogP contribution in [0.2, 0.25) is 0 Å². The molecule has 0 radical (unpaired) electrons. The Hall–Kier alpha value is -4.28. The molecule has 0 saturated carbocycles. The molecular formula is C43H70N6O10S. The quantitative estimate of drug-likeness (QED) is 0.0411. The second-order valence-electron chi connectivity index (χ2n) is 20.8. The number of ether oxygens (including phenoxy) is 2. The van der Waals surface area contributed by atoms with Crippen LogP contribution < -0.4 is 36.1 Å². The minimum Gasteiger partial charge on any atom is -0.493 e. The van der Waals surface area contributed by atoms with Crippen LogP contribution in [0, 0.1) is 31.8 Å². The Labute approximate surface area is 359 Å². The van der Waals surface area contributed by atoms with Gasteiger partial charge in [0.1, 0.15) is 5.60 Å². The summed E-state index contributed by atoms with van der Waals surface area (Å²) in [7, 11) is 1.39. The Morgan fingerprint density at radius 3 is 2.10 bits per heavy atom. The van der Waals surface area contributed by atoms with E-state index in [0.29, 0.717) is 19.4 Å². The molecule has 3 rings (SSSR count). The van der Waals surface area contributed by atoms with Crippen molar-refractivity contribution in [2.75, 3.05) is 19.4 Å². The lowest BCUT2D eigenvalue weighted by molar-refractivity contribution is -0.385. The van der Waals surface area contributed by atoms with Gasteiger partial charge >= 0.3 is 12.0 Å². The standard InChI is InChI=1S/C43H70N6O10S/c1-25(45-32(50)15-16-33(51)52)26-17-29(58-14)30(18-28(26)49(56)57)59-43(12,13)23-41(8,9)36(54)48-42(10,11)22-39(4,5)24-44-35(53)40(6,7)21-38(2,3)19-31-34-27(20-60-31)46-37(55)47-34/h17-18,25,27,31,34H,15-16,19-24H2,1-14H3,(H,44,53)(H,45,50)(H,48,54)(H,51,52)(H2,46,47,55). The molecule has 4 atom stereocenters. The van der Waals surface area contributed by atoms with Crippen molar-refractivity contribution in [3.05, 3.63) is 27.8 Å². The number of carbonyl (C=O) groups excluding carboxylic acids is 4. The van der Waals surface area contributed by atoms with Gasteiger partial charge in [-0.3, -0.25) is 29.3 Å². The first-order valence-corrected chi connectivity index (χ1v) is 21.7. The number of thioether (sulfide) groups is 1. The minimum absolute atomic E-state index is 0.0347. The average molecular weight is 863 g/mol. The van der Waals surface area contributed by atoms with E-state index < -0.39 is 44.8 Å². The molecule has 1 aromatic rings. The largest absolute Gasteiger partial charge is 0.493 e. The van der Waals surface area contributed by atoms with E-state index in [1.807, 2.05) is 39.5 Å². The number of methoxy groups -OCH3 is 1. The van der Waals surface area contributed by atoms with E-state index >= 15 is 0 Å². The maximum Gasteiger partial charge on any atom is 0.315 e. The number of nitrogens with zero attached hydrogens (tertiary/aromatic N) is 1. The van der Waals surface area contributed by atoms with Gasteiger partial charge in [-0.05, 0) is 70.8 Å². The second kappa shape index (κ2) is 18.8. The van der Waals surface area contributed by atoms with Crippen molar-refractivity contribution in [3.63, 3.8) is 0 Å². The maximum absolute atomic E-state index is 13.9. The molecule has 0 aliphatic carbocycles. The fourth-order valence-electron chi connectivity index (χ4n) is 9.20. The van der Waals surface area contributed by atoms with Crippen LogP contribution in [-0.2, 0) is 19.2 Å². The van der Waals surface area contributed by atoms with Crippen molar-refractivity contribution in [1.29, 1.82) is 0 Å². The SMILES string of the molecule is COc1cc(C(C)NC(=O)CCC(=O)O)c([N+](=O)[O-])cc1OC(C)(C)CC(C)(C)C(=O)NC(C)(C)CC(C)(C)CNC(=O)C(C)(C)CC(C)(C)CC1SCC2NC(=O)NC21. The van der Waals surface area contributed by atoms with Gasteiger partial charge in [-0.2, -0.15) is 11.8 Å². The van der Waals surface area contributed by atoms with Gasteiger partial charge in [-0.1, -0.05) is 55.4 Å². The Bertz CT molecular complexity index is 1790. The fraction of sp³-hybridized carbons (Fsp3) is 0.744. The van der Waals surface area contributed by atoms with Crippen LogP contribution in [-0.4, -0.2) is 87.6 Å². The highest BCUT2D eigenvalue weighted by atomic mass is 32.2. The van der Waals surface area contributed by atoms with Gasteiger partial charge in [0, 0.05) is 46.8 Å². The Morgan fingerprint density at radius 2 is 1.52 bits per heavy atom. The number of nitrogens with one attached hydrogen (secondary N) is 5. The Kier molecular flexibility index (Phi) is 15.7. The summed E-state index contributed by atoms with van der Waals surface area (Å²) in [6.45, 7) is 25.5. The summed E-state index contributed by atoms with van der Waals surface area (Å²) < 4.78 is 11.9. The summed E-state index contributed by atoms with van der Waals surface area (Å²) in [6, 6.07) is 1.95. The molecule has 2 aliphatic heterocycles. The van der Waals surface area contributed by atoms with Gasteiger partial charge in [-0.25, -0.2) is 4.79 Å². The topological polar surface area (TPSA) is 227 Å². The van der Waals surface area contributed by atoms with Gasteiger partial charge in [-0.15, -0.1) is 0 Å². The summed E-state index contributed by atoms with van der Waals surface area (Å²) in [4.78, 5) is 74.3. The molecule has 6 N–H and O–H groups in total. The molecule has 5 amide bonds. The lowest BCUT2D eigenvalue weighted by atomic mass is 9.71. The zero-order chi connectivity index (χ0) is 45.8. The van der Waals surface area contributed by atoms with E-state index in [2.05, 4.69) is 54.3 Å². The molecule has 2 saturated heterocycles. The van der Waals surface area contributed by atoms with E-state index in [9.17, 15) is 34.1 Å². The number of hydrogen-bond donors (Lipinski definition) is 6. The lowest BCUT2D eigenvalue weighted by Gasteiger charge is -2.40. The van der Waals surface area contributed by atoms with Crippen LogP contribution in [0.15, 0.2) is 12.1 Å². The highest BCUT2D eigenvalue weighted by molar-refractivity contribution is 8.00. The number of amides is 5. The number of nitro groups is 1. The molecule has 16 nitrogen and oxygen atoms in total. The van der Waals surface area contributed by atoms with Crippen LogP contribution in [0.1, 0.15) is 140 Å². The molecule has 4 unspecified atom stereocenters. The molecule has 338 valence electrons. The summed E-state index contributed by atoms with van der Waals surface area (Å²) in [5, 5.41) is 36.4. The van der Waals surface area contributed by atoms with Gasteiger partial charge < -0.3 is 41.2 Å². The number of hydrogen-bond acceptors (Lipinski definition) is 10. The van der Waals surface area contributed by atoms with Crippen molar-refractivity contribution in [1.82, 2.24) is 26.6 Å². The third-order valence-electron chi connectivity index (χ3n) is 11.1. The normalized spacial score (nSPS) is 19.0. The third-order valence-corrected chi connectivity index (χ3v) is 12.6. The molecule has 2 fully saturated rings. The number of urea groups is 1. The number of carboxylic acid groups (broad SMARTS) is 1. The Morgan fingerprint density at radius 1 is 0.900 bits per heavy atom. The highest BCUT2D eigenvalue weighted by Crippen LogP contribution is 2.44. The lowest BCUT2D eigenvalue weighted by Crippen LogP contribution is -2.53. The van der Waals surface area contributed by atoms with Crippen LogP contribution >= 0.6 is 11.8 Å². The zero-order valence-corrected chi connectivity index (χ0v) is 38.9. The molecular weight excluding hydrogens is 793 g/mol.